The van der Waals surface area contributed by atoms with Gasteiger partial charge in [0.25, 0.3) is 0 Å². The van der Waals surface area contributed by atoms with Gasteiger partial charge in [0.15, 0.2) is 0 Å². The Hall–Kier alpha value is -4.66. The minimum absolute atomic E-state index is 0.0446. The van der Waals surface area contributed by atoms with Gasteiger partial charge in [0, 0.05) is 22.5 Å². The number of nitrogens with zero attached hydrogens (tertiary/aromatic N) is 2. The van der Waals surface area contributed by atoms with Gasteiger partial charge in [-0.3, -0.25) is 4.79 Å². The van der Waals surface area contributed by atoms with Crippen molar-refractivity contribution in [3.63, 3.8) is 0 Å². The number of alkyl halides is 3. The average molecular weight is 519 g/mol. The molecule has 1 unspecified atom stereocenters. The zero-order valence-corrected chi connectivity index (χ0v) is 19.8. The van der Waals surface area contributed by atoms with Crippen LogP contribution in [0.15, 0.2) is 96.0 Å². The fraction of sp³-hybridized carbons (Fsp3) is 0.103. The van der Waals surface area contributed by atoms with Gasteiger partial charge in [0.2, 0.25) is 0 Å². The third-order valence-electron chi connectivity index (χ3n) is 6.32. The van der Waals surface area contributed by atoms with Crippen LogP contribution in [0.4, 0.5) is 34.6 Å². The summed E-state index contributed by atoms with van der Waals surface area (Å²) in [6.07, 6.45) is -5.11. The predicted molar refractivity (Wildman–Crippen MR) is 138 cm³/mol. The normalized spacial score (nSPS) is 15.1. The molecule has 0 aromatic heterocycles. The number of amidine groups is 1. The Morgan fingerprint density at radius 1 is 0.895 bits per heavy atom. The van der Waals surface area contributed by atoms with Crippen LogP contribution >= 0.6 is 0 Å². The highest BCUT2D eigenvalue weighted by Gasteiger charge is 2.37. The van der Waals surface area contributed by atoms with Gasteiger partial charge in [0.05, 0.1) is 18.0 Å². The molecule has 4 aromatic rings. The molecular formula is C29H21F4N3O2. The van der Waals surface area contributed by atoms with Crippen LogP contribution in [0.3, 0.4) is 0 Å². The molecular weight excluding hydrogens is 498 g/mol. The molecule has 0 bridgehead atoms. The summed E-state index contributed by atoms with van der Waals surface area (Å²) in [5.41, 5.74) is 8.05. The van der Waals surface area contributed by atoms with E-state index in [0.29, 0.717) is 11.3 Å². The van der Waals surface area contributed by atoms with E-state index < -0.39 is 36.0 Å². The minimum atomic E-state index is -4.62. The van der Waals surface area contributed by atoms with Crippen molar-refractivity contribution >= 4 is 28.9 Å². The maximum absolute atomic E-state index is 14.9. The summed E-state index contributed by atoms with van der Waals surface area (Å²) < 4.78 is 55.7. The lowest BCUT2D eigenvalue weighted by Crippen LogP contribution is -2.39. The minimum Gasteiger partial charge on any atom is -0.481 e. The molecule has 1 aliphatic rings. The second kappa shape index (κ2) is 9.66. The fourth-order valence-corrected chi connectivity index (χ4v) is 4.60. The second-order valence-electron chi connectivity index (χ2n) is 8.85. The molecule has 192 valence electrons. The summed E-state index contributed by atoms with van der Waals surface area (Å²) in [7, 11) is 0. The lowest BCUT2D eigenvalue weighted by atomic mass is 9.94. The van der Waals surface area contributed by atoms with Crippen LogP contribution in [-0.4, -0.2) is 16.9 Å². The SMILES string of the molecule is Nc1cccc(-c2ccc(C3=Nc4c(F)cccc4C(CC(=O)O)N3c3cccc(C(F)(F)F)c3)cc2)c1. The van der Waals surface area contributed by atoms with E-state index >= 15 is 0 Å². The molecule has 1 heterocycles. The van der Waals surface area contributed by atoms with Crippen molar-refractivity contribution in [2.24, 2.45) is 4.99 Å². The second-order valence-corrected chi connectivity index (χ2v) is 8.85. The van der Waals surface area contributed by atoms with E-state index in [-0.39, 0.29) is 22.8 Å². The number of hydrogen-bond donors (Lipinski definition) is 2. The first kappa shape index (κ1) is 25.0. The van der Waals surface area contributed by atoms with Crippen molar-refractivity contribution in [2.45, 2.75) is 18.6 Å². The Kier molecular flexibility index (Phi) is 6.36. The quantitative estimate of drug-likeness (QED) is 0.216. The summed E-state index contributed by atoms with van der Waals surface area (Å²) in [6, 6.07) is 22.0. The number of hydrogen-bond acceptors (Lipinski definition) is 4. The summed E-state index contributed by atoms with van der Waals surface area (Å²) in [6.45, 7) is 0. The van der Waals surface area contributed by atoms with Crippen LogP contribution in [-0.2, 0) is 11.0 Å². The maximum atomic E-state index is 14.9. The molecule has 0 amide bonds. The van der Waals surface area contributed by atoms with E-state index in [1.807, 2.05) is 12.1 Å². The Morgan fingerprint density at radius 2 is 1.58 bits per heavy atom. The highest BCUT2D eigenvalue weighted by Crippen LogP contribution is 2.43. The monoisotopic (exact) mass is 519 g/mol. The lowest BCUT2D eigenvalue weighted by Gasteiger charge is -2.38. The third kappa shape index (κ3) is 4.82. The van der Waals surface area contributed by atoms with Crippen LogP contribution in [0.25, 0.3) is 11.1 Å². The van der Waals surface area contributed by atoms with Crippen LogP contribution < -0.4 is 10.6 Å². The number of nitrogen functional groups attached to an aromatic ring is 1. The summed E-state index contributed by atoms with van der Waals surface area (Å²) in [5.74, 6) is -1.72. The number of halogens is 4. The zero-order valence-electron chi connectivity index (χ0n) is 19.8. The van der Waals surface area contributed by atoms with E-state index in [1.165, 1.54) is 35.2 Å². The van der Waals surface area contributed by atoms with Crippen LogP contribution in [0.2, 0.25) is 0 Å². The number of benzene rings is 4. The van der Waals surface area contributed by atoms with Crippen molar-refractivity contribution in [3.05, 3.63) is 114 Å². The molecule has 38 heavy (non-hydrogen) atoms. The van der Waals surface area contributed by atoms with E-state index in [1.54, 1.807) is 36.4 Å². The number of aliphatic imine (C=N–C) groups is 1. The molecule has 0 fully saturated rings. The van der Waals surface area contributed by atoms with Gasteiger partial charge in [-0.05, 0) is 47.5 Å². The van der Waals surface area contributed by atoms with Crippen molar-refractivity contribution in [3.8, 4) is 11.1 Å². The van der Waals surface area contributed by atoms with Crippen molar-refractivity contribution in [1.82, 2.24) is 0 Å². The Balaban J connectivity index is 1.69. The van der Waals surface area contributed by atoms with Gasteiger partial charge in [-0.25, -0.2) is 9.38 Å². The van der Waals surface area contributed by atoms with Crippen LogP contribution in [0, 0.1) is 5.82 Å². The largest absolute Gasteiger partial charge is 0.481 e. The number of fused-ring (bicyclic) bond motifs is 1. The van der Waals surface area contributed by atoms with E-state index in [0.717, 1.165) is 23.3 Å². The molecule has 9 heteroatoms. The van der Waals surface area contributed by atoms with Gasteiger partial charge in [0.1, 0.15) is 17.3 Å². The smallest absolute Gasteiger partial charge is 0.416 e. The van der Waals surface area contributed by atoms with Gasteiger partial charge in [-0.15, -0.1) is 0 Å². The molecule has 1 aliphatic heterocycles. The topological polar surface area (TPSA) is 78.9 Å². The Labute approximate surface area is 215 Å². The average Bonchev–Trinajstić information content (AvgIpc) is 2.88. The van der Waals surface area contributed by atoms with Gasteiger partial charge < -0.3 is 15.7 Å². The maximum Gasteiger partial charge on any atom is 0.416 e. The molecule has 0 aliphatic carbocycles. The van der Waals surface area contributed by atoms with Gasteiger partial charge >= 0.3 is 12.1 Å². The van der Waals surface area contributed by atoms with Crippen LogP contribution in [0.5, 0.6) is 0 Å². The molecule has 0 saturated heterocycles. The number of para-hydroxylation sites is 1. The molecule has 5 nitrogen and oxygen atoms in total. The lowest BCUT2D eigenvalue weighted by molar-refractivity contribution is -0.138. The van der Waals surface area contributed by atoms with Crippen molar-refractivity contribution in [2.75, 3.05) is 10.6 Å². The highest BCUT2D eigenvalue weighted by atomic mass is 19.4. The van der Waals surface area contributed by atoms with Gasteiger partial charge in [-0.1, -0.05) is 54.6 Å². The first-order valence-corrected chi connectivity index (χ1v) is 11.6. The molecule has 3 N–H and O–H groups in total. The number of carboxylic acid groups (broad SMARTS) is 1. The van der Waals surface area contributed by atoms with E-state index in [9.17, 15) is 27.5 Å². The summed E-state index contributed by atoms with van der Waals surface area (Å²) in [4.78, 5) is 17.8. The standard InChI is InChI=1S/C29H21F4N3O2/c30-24-9-3-8-23-25(16-26(37)38)36(22-7-2-5-20(15-22)29(31,32)33)28(35-27(23)24)18-12-10-17(11-13-18)19-4-1-6-21(34)14-19/h1-15,25H,16,34H2,(H,37,38). The van der Waals surface area contributed by atoms with Gasteiger partial charge in [-0.2, -0.15) is 13.2 Å². The fourth-order valence-electron chi connectivity index (χ4n) is 4.60. The number of aliphatic carboxylic acids is 1. The third-order valence-corrected chi connectivity index (χ3v) is 6.32. The number of anilines is 2. The first-order chi connectivity index (χ1) is 18.1. The number of carbonyl (C=O) groups is 1. The first-order valence-electron chi connectivity index (χ1n) is 11.6. The predicted octanol–water partition coefficient (Wildman–Crippen LogP) is 7.21. The van der Waals surface area contributed by atoms with Crippen LogP contribution in [0.1, 0.15) is 29.2 Å². The molecule has 0 saturated carbocycles. The molecule has 1 atom stereocenters. The van der Waals surface area contributed by atoms with Crippen molar-refractivity contribution < 1.29 is 27.5 Å². The Bertz CT molecular complexity index is 1550. The number of carboxylic acids is 1. The molecule has 0 spiro atoms. The number of rotatable bonds is 5. The van der Waals surface area contributed by atoms with Crippen molar-refractivity contribution in [1.29, 1.82) is 0 Å². The molecule has 5 rings (SSSR count). The summed E-state index contributed by atoms with van der Waals surface area (Å²) >= 11 is 0. The Morgan fingerprint density at radius 3 is 2.26 bits per heavy atom. The molecule has 4 aromatic carbocycles. The van der Waals surface area contributed by atoms with E-state index in [2.05, 4.69) is 4.99 Å². The highest BCUT2D eigenvalue weighted by molar-refractivity contribution is 6.13. The van der Waals surface area contributed by atoms with E-state index in [4.69, 9.17) is 5.73 Å². The summed E-state index contributed by atoms with van der Waals surface area (Å²) in [5, 5.41) is 9.70. The molecule has 0 radical (unpaired) electrons. The number of nitrogens with two attached hydrogens (primary N) is 1. The zero-order chi connectivity index (χ0) is 27.0.